The number of nitrogens with one attached hydrogen (secondary N) is 1. The molecule has 1 saturated carbocycles. The second-order valence-corrected chi connectivity index (χ2v) is 8.43. The molecule has 11 heteroatoms. The van der Waals surface area contributed by atoms with Crippen molar-refractivity contribution in [3.05, 3.63) is 46.2 Å². The predicted octanol–water partition coefficient (Wildman–Crippen LogP) is 1.59. The number of hydrogen-bond acceptors (Lipinski definition) is 7. The number of carbonyl (C=O) groups excluding carboxylic acids is 3. The summed E-state index contributed by atoms with van der Waals surface area (Å²) in [5.41, 5.74) is 11.2. The van der Waals surface area contributed by atoms with Gasteiger partial charge in [-0.05, 0) is 48.5 Å². The van der Waals surface area contributed by atoms with Gasteiger partial charge in [0.2, 0.25) is 5.91 Å². The first-order chi connectivity index (χ1) is 15.3. The molecule has 3 amide bonds. The fourth-order valence-corrected chi connectivity index (χ4v) is 4.58. The summed E-state index contributed by atoms with van der Waals surface area (Å²) in [6.45, 7) is -0.187. The molecule has 172 valence electrons. The van der Waals surface area contributed by atoms with Gasteiger partial charge in [0.1, 0.15) is 16.7 Å². The highest BCUT2D eigenvalue weighted by Crippen LogP contribution is 2.30. The Bertz CT molecular complexity index is 975. The zero-order chi connectivity index (χ0) is 23.3. The smallest absolute Gasteiger partial charge is 0.270 e. The van der Waals surface area contributed by atoms with Gasteiger partial charge in [-0.2, -0.15) is 4.37 Å². The van der Waals surface area contributed by atoms with Gasteiger partial charge in [-0.15, -0.1) is 0 Å². The van der Waals surface area contributed by atoms with Crippen molar-refractivity contribution in [2.24, 2.45) is 5.73 Å². The highest BCUT2D eigenvalue weighted by Gasteiger charge is 2.35. The maximum atomic E-state index is 13.6. The number of anilines is 1. The van der Waals surface area contributed by atoms with Gasteiger partial charge in [0, 0.05) is 19.2 Å². The zero-order valence-corrected chi connectivity index (χ0v) is 18.2. The van der Waals surface area contributed by atoms with Crippen LogP contribution in [0.25, 0.3) is 0 Å². The van der Waals surface area contributed by atoms with Crippen LogP contribution in [0.2, 0.25) is 0 Å². The van der Waals surface area contributed by atoms with E-state index in [-0.39, 0.29) is 41.9 Å². The van der Waals surface area contributed by atoms with Crippen LogP contribution in [0.3, 0.4) is 0 Å². The van der Waals surface area contributed by atoms with Crippen molar-refractivity contribution >= 4 is 34.9 Å². The molecule has 0 aliphatic heterocycles. The van der Waals surface area contributed by atoms with Crippen LogP contribution in [0.1, 0.15) is 63.9 Å². The highest BCUT2D eigenvalue weighted by atomic mass is 32.1. The first-order valence-electron chi connectivity index (χ1n) is 10.4. The summed E-state index contributed by atoms with van der Waals surface area (Å²) in [5.74, 6) is -2.38. The fourth-order valence-electron chi connectivity index (χ4n) is 3.82. The fraction of sp³-hybridized carbons (Fsp3) is 0.429. The summed E-state index contributed by atoms with van der Waals surface area (Å²) >= 11 is 0.713. The Morgan fingerprint density at radius 3 is 2.47 bits per heavy atom. The topological polar surface area (TPSA) is 152 Å². The predicted molar refractivity (Wildman–Crippen MR) is 117 cm³/mol. The number of carbonyl (C=O) groups is 3. The molecule has 1 fully saturated rings. The monoisotopic (exact) mass is 463 g/mol. The molecule has 0 spiro atoms. The van der Waals surface area contributed by atoms with Gasteiger partial charge < -0.3 is 26.8 Å². The van der Waals surface area contributed by atoms with Crippen molar-refractivity contribution in [1.82, 2.24) is 14.6 Å². The number of primary amides is 1. The van der Waals surface area contributed by atoms with Crippen molar-refractivity contribution in [2.75, 3.05) is 18.9 Å². The summed E-state index contributed by atoms with van der Waals surface area (Å²) in [6.07, 6.45) is 3.90. The molecule has 32 heavy (non-hydrogen) atoms. The molecule has 3 rings (SSSR count). The van der Waals surface area contributed by atoms with Crippen LogP contribution in [0.5, 0.6) is 0 Å². The number of aliphatic hydroxyl groups excluding tert-OH is 1. The highest BCUT2D eigenvalue weighted by molar-refractivity contribution is 7.09. The van der Waals surface area contributed by atoms with Gasteiger partial charge in [-0.3, -0.25) is 14.4 Å². The van der Waals surface area contributed by atoms with E-state index in [1.165, 1.54) is 29.2 Å². The third-order valence-corrected chi connectivity index (χ3v) is 6.27. The van der Waals surface area contributed by atoms with Gasteiger partial charge >= 0.3 is 0 Å². The van der Waals surface area contributed by atoms with Crippen LogP contribution in [0.4, 0.5) is 10.1 Å². The number of nitrogens with two attached hydrogens (primary N) is 2. The standard InChI is InChI=1S/C21H26FN5O4S/c22-13-8-6-12(7-9-13)17(20(30)25-14-4-1-2-5-14)27(10-3-11-28)21(31)18-15(23)16(19(24)29)26-32-18/h6-9,14,17,28H,1-5,10-11,23H2,(H2,24,29)(H,25,30). The first kappa shape index (κ1) is 23.6. The lowest BCUT2D eigenvalue weighted by molar-refractivity contribution is -0.126. The molecule has 1 aliphatic carbocycles. The normalized spacial score (nSPS) is 14.8. The first-order valence-corrected chi connectivity index (χ1v) is 11.1. The molecule has 1 unspecified atom stereocenters. The van der Waals surface area contributed by atoms with Crippen LogP contribution in [0, 0.1) is 5.82 Å². The lowest BCUT2D eigenvalue weighted by Crippen LogP contribution is -2.46. The molecule has 2 aromatic rings. The van der Waals surface area contributed by atoms with E-state index in [0.29, 0.717) is 17.1 Å². The molecule has 6 N–H and O–H groups in total. The zero-order valence-electron chi connectivity index (χ0n) is 17.4. The molecule has 1 aliphatic rings. The number of halogens is 1. The van der Waals surface area contributed by atoms with Crippen molar-refractivity contribution in [1.29, 1.82) is 0 Å². The number of amides is 3. The van der Waals surface area contributed by atoms with E-state index in [9.17, 15) is 23.9 Å². The minimum atomic E-state index is -1.09. The van der Waals surface area contributed by atoms with Crippen LogP contribution < -0.4 is 16.8 Å². The Hall–Kier alpha value is -3.05. The molecule has 1 aromatic heterocycles. The van der Waals surface area contributed by atoms with Crippen LogP contribution in [-0.4, -0.2) is 51.3 Å². The average Bonchev–Trinajstić information content (AvgIpc) is 3.41. The van der Waals surface area contributed by atoms with Gasteiger partial charge in [0.05, 0.1) is 5.69 Å². The maximum Gasteiger partial charge on any atom is 0.270 e. The molecule has 0 radical (unpaired) electrons. The van der Waals surface area contributed by atoms with E-state index in [0.717, 1.165) is 25.7 Å². The molecule has 0 bridgehead atoms. The summed E-state index contributed by atoms with van der Waals surface area (Å²) in [6, 6.07) is 4.22. The van der Waals surface area contributed by atoms with E-state index < -0.39 is 29.6 Å². The van der Waals surface area contributed by atoms with Gasteiger partial charge in [-0.25, -0.2) is 4.39 Å². The molecule has 0 saturated heterocycles. The lowest BCUT2D eigenvalue weighted by Gasteiger charge is -2.32. The lowest BCUT2D eigenvalue weighted by atomic mass is 10.0. The van der Waals surface area contributed by atoms with Crippen LogP contribution in [-0.2, 0) is 4.79 Å². The Balaban J connectivity index is 2.00. The van der Waals surface area contributed by atoms with Crippen LogP contribution >= 0.6 is 11.5 Å². The number of rotatable bonds is 9. The van der Waals surface area contributed by atoms with Gasteiger partial charge in [-0.1, -0.05) is 25.0 Å². The number of aromatic nitrogens is 1. The van der Waals surface area contributed by atoms with Crippen molar-refractivity contribution in [2.45, 2.75) is 44.2 Å². The largest absolute Gasteiger partial charge is 0.396 e. The number of benzene rings is 1. The minimum absolute atomic E-state index is 0.00446. The summed E-state index contributed by atoms with van der Waals surface area (Å²) < 4.78 is 17.4. The van der Waals surface area contributed by atoms with Gasteiger partial charge in [0.15, 0.2) is 5.69 Å². The molecule has 1 heterocycles. The third kappa shape index (κ3) is 5.22. The second kappa shape index (κ2) is 10.5. The van der Waals surface area contributed by atoms with Crippen LogP contribution in [0.15, 0.2) is 24.3 Å². The number of hydrogen-bond donors (Lipinski definition) is 4. The van der Waals surface area contributed by atoms with E-state index in [4.69, 9.17) is 11.5 Å². The second-order valence-electron chi connectivity index (χ2n) is 7.66. The van der Waals surface area contributed by atoms with Crippen molar-refractivity contribution in [3.8, 4) is 0 Å². The number of aliphatic hydroxyl groups is 1. The third-order valence-electron chi connectivity index (χ3n) is 5.42. The summed E-state index contributed by atoms with van der Waals surface area (Å²) in [5, 5.41) is 12.4. The quantitative estimate of drug-likeness (QED) is 0.443. The van der Waals surface area contributed by atoms with E-state index >= 15 is 0 Å². The average molecular weight is 464 g/mol. The maximum absolute atomic E-state index is 13.6. The number of nitrogen functional groups attached to an aromatic ring is 1. The SMILES string of the molecule is NC(=O)c1nsc(C(=O)N(CCCO)C(C(=O)NC2CCCC2)c2ccc(F)cc2)c1N. The van der Waals surface area contributed by atoms with E-state index in [1.807, 2.05) is 0 Å². The van der Waals surface area contributed by atoms with Crippen molar-refractivity contribution < 1.29 is 23.9 Å². The molecule has 1 aromatic carbocycles. The van der Waals surface area contributed by atoms with E-state index in [1.54, 1.807) is 0 Å². The molecular weight excluding hydrogens is 437 g/mol. The Labute approximate surface area is 188 Å². The Morgan fingerprint density at radius 2 is 1.91 bits per heavy atom. The molecule has 1 atom stereocenters. The van der Waals surface area contributed by atoms with Crippen molar-refractivity contribution in [3.63, 3.8) is 0 Å². The Kier molecular flexibility index (Phi) is 7.75. The number of nitrogens with zero attached hydrogens (tertiary/aromatic N) is 2. The molecule has 9 nitrogen and oxygen atoms in total. The summed E-state index contributed by atoms with van der Waals surface area (Å²) in [7, 11) is 0. The van der Waals surface area contributed by atoms with E-state index in [2.05, 4.69) is 9.69 Å². The van der Waals surface area contributed by atoms with Gasteiger partial charge in [0.25, 0.3) is 11.8 Å². The molecular formula is C21H26FN5O4S. The Morgan fingerprint density at radius 1 is 1.25 bits per heavy atom. The summed E-state index contributed by atoms with van der Waals surface area (Å²) in [4.78, 5) is 39.6. The minimum Gasteiger partial charge on any atom is -0.396 e.